The number of urea groups is 1. The monoisotopic (exact) mass is 477 g/mol. The molecule has 2 bridgehead atoms. The van der Waals surface area contributed by atoms with Gasteiger partial charge in [0.1, 0.15) is 0 Å². The number of carbonyl (C=O) groups excluding carboxylic acids is 3. The number of halogens is 3. The number of aromatic nitrogens is 2. The van der Waals surface area contributed by atoms with Crippen molar-refractivity contribution >= 4 is 34.3 Å². The summed E-state index contributed by atoms with van der Waals surface area (Å²) in [5, 5.41) is 9.60. The van der Waals surface area contributed by atoms with Gasteiger partial charge in [0.2, 0.25) is 22.0 Å². The largest absolute Gasteiger partial charge is 0.445 e. The Hall–Kier alpha value is -3.28. The third-order valence-corrected chi connectivity index (χ3v) is 7.23. The molecule has 8 nitrogen and oxygen atoms in total. The first-order valence-electron chi connectivity index (χ1n) is 10.3. The zero-order valence-corrected chi connectivity index (χ0v) is 17.8. The summed E-state index contributed by atoms with van der Waals surface area (Å²) in [4.78, 5) is 40.1. The fourth-order valence-electron chi connectivity index (χ4n) is 4.98. The molecule has 1 aromatic heterocycles. The van der Waals surface area contributed by atoms with E-state index in [1.165, 1.54) is 4.90 Å². The summed E-state index contributed by atoms with van der Waals surface area (Å²) in [7, 11) is 0. The first-order valence-corrected chi connectivity index (χ1v) is 11.1. The fraction of sp³-hybridized carbons (Fsp3) is 0.381. The summed E-state index contributed by atoms with van der Waals surface area (Å²) in [6, 6.07) is 7.27. The number of nitrogens with one attached hydrogen (secondary N) is 2. The number of nitrogens with zero attached hydrogens (tertiary/aromatic N) is 3. The van der Waals surface area contributed by atoms with Gasteiger partial charge in [-0.15, -0.1) is 10.2 Å². The number of anilines is 1. The smallest absolute Gasteiger partial charge is 0.335 e. The second kappa shape index (κ2) is 7.94. The number of likely N-dealkylation sites (tertiary alicyclic amines) is 1. The molecule has 1 saturated heterocycles. The van der Waals surface area contributed by atoms with Crippen LogP contribution in [0.15, 0.2) is 42.5 Å². The molecule has 0 spiro atoms. The van der Waals surface area contributed by atoms with E-state index in [1.54, 1.807) is 30.3 Å². The summed E-state index contributed by atoms with van der Waals surface area (Å²) in [6.07, 6.45) is 0.149. The zero-order chi connectivity index (χ0) is 23.3. The van der Waals surface area contributed by atoms with Crippen LogP contribution in [0.25, 0.3) is 0 Å². The first kappa shape index (κ1) is 21.6. The number of amides is 4. The Kier molecular flexibility index (Phi) is 5.19. The van der Waals surface area contributed by atoms with Crippen LogP contribution in [0.3, 0.4) is 0 Å². The Morgan fingerprint density at radius 3 is 2.30 bits per heavy atom. The lowest BCUT2D eigenvalue weighted by molar-refractivity contribution is -0.143. The Balaban J connectivity index is 1.32. The van der Waals surface area contributed by atoms with E-state index >= 15 is 0 Å². The lowest BCUT2D eigenvalue weighted by Crippen LogP contribution is -2.43. The average Bonchev–Trinajstić information content (AvgIpc) is 3.55. The van der Waals surface area contributed by atoms with Crippen molar-refractivity contribution in [3.63, 3.8) is 0 Å². The molecule has 1 saturated carbocycles. The first-order chi connectivity index (χ1) is 15.7. The van der Waals surface area contributed by atoms with Crippen LogP contribution in [0.1, 0.15) is 23.0 Å². The molecule has 1 aromatic carbocycles. The van der Waals surface area contributed by atoms with Crippen molar-refractivity contribution in [2.24, 2.45) is 23.7 Å². The van der Waals surface area contributed by atoms with E-state index in [0.717, 1.165) is 6.42 Å². The third kappa shape index (κ3) is 3.77. The van der Waals surface area contributed by atoms with Gasteiger partial charge in [0, 0.05) is 6.54 Å². The van der Waals surface area contributed by atoms with Gasteiger partial charge in [-0.1, -0.05) is 53.8 Å². The molecule has 2 N–H and O–H groups in total. The van der Waals surface area contributed by atoms with Crippen LogP contribution < -0.4 is 10.6 Å². The predicted octanol–water partition coefficient (Wildman–Crippen LogP) is 3.23. The van der Waals surface area contributed by atoms with Gasteiger partial charge in [-0.2, -0.15) is 13.2 Å². The zero-order valence-electron chi connectivity index (χ0n) is 17.0. The highest BCUT2D eigenvalue weighted by molar-refractivity contribution is 7.15. The molecule has 12 heteroatoms. The molecule has 33 heavy (non-hydrogen) atoms. The molecule has 1 aliphatic heterocycles. The predicted molar refractivity (Wildman–Crippen MR) is 111 cm³/mol. The van der Waals surface area contributed by atoms with Crippen LogP contribution in [0.4, 0.5) is 23.1 Å². The maximum Gasteiger partial charge on any atom is 0.445 e. The molecule has 5 atom stereocenters. The van der Waals surface area contributed by atoms with Crippen molar-refractivity contribution in [1.82, 2.24) is 20.4 Å². The van der Waals surface area contributed by atoms with Gasteiger partial charge in [0.25, 0.3) is 0 Å². The number of allylic oxidation sites excluding steroid dienone is 2. The Morgan fingerprint density at radius 2 is 1.73 bits per heavy atom. The Bertz CT molecular complexity index is 1110. The quantitative estimate of drug-likeness (QED) is 0.508. The molecule has 2 aromatic rings. The Labute approximate surface area is 189 Å². The normalized spacial score (nSPS) is 26.6. The number of benzene rings is 1. The van der Waals surface area contributed by atoms with Crippen LogP contribution in [-0.2, 0) is 15.8 Å². The minimum atomic E-state index is -4.66. The fourth-order valence-corrected chi connectivity index (χ4v) is 5.59. The van der Waals surface area contributed by atoms with Crippen LogP contribution in [0, 0.1) is 23.7 Å². The highest BCUT2D eigenvalue weighted by atomic mass is 32.1. The lowest BCUT2D eigenvalue weighted by Gasteiger charge is -2.28. The minimum Gasteiger partial charge on any atom is -0.335 e. The van der Waals surface area contributed by atoms with E-state index in [2.05, 4.69) is 20.8 Å². The molecule has 2 heterocycles. The number of carbonyl (C=O) groups is 3. The number of hydrogen-bond acceptors (Lipinski definition) is 6. The van der Waals surface area contributed by atoms with E-state index in [-0.39, 0.29) is 58.5 Å². The summed E-state index contributed by atoms with van der Waals surface area (Å²) in [5.41, 5.74) is 0.662. The van der Waals surface area contributed by atoms with E-state index in [9.17, 15) is 27.6 Å². The van der Waals surface area contributed by atoms with Gasteiger partial charge in [0.15, 0.2) is 0 Å². The third-order valence-electron chi connectivity index (χ3n) is 6.34. The number of hydrogen-bond donors (Lipinski definition) is 2. The second-order valence-corrected chi connectivity index (χ2v) is 9.20. The number of fused-ring (bicyclic) bond motifs is 5. The molecule has 172 valence electrons. The molecule has 0 radical (unpaired) electrons. The van der Waals surface area contributed by atoms with Gasteiger partial charge >= 0.3 is 12.2 Å². The standard InChI is InChI=1S/C21H18F3N5O3S/c22-21(23,24)18-27-28-20(33-18)26-19(32)25-9-13(10-4-2-1-3-5-10)29-16(30)14-11-6-7-12(8-11)15(14)17(29)31/h1-7,11-15H,8-9H2,(H2,25,26,28,32). The van der Waals surface area contributed by atoms with Crippen LogP contribution >= 0.6 is 11.3 Å². The number of rotatable bonds is 5. The van der Waals surface area contributed by atoms with Crippen LogP contribution in [-0.4, -0.2) is 39.5 Å². The number of alkyl halides is 3. The molecule has 2 fully saturated rings. The summed E-state index contributed by atoms with van der Waals surface area (Å²) < 4.78 is 38.1. The van der Waals surface area contributed by atoms with Gasteiger partial charge in [-0.25, -0.2) is 4.79 Å². The van der Waals surface area contributed by atoms with Gasteiger partial charge in [-0.05, 0) is 23.8 Å². The highest BCUT2D eigenvalue weighted by Crippen LogP contribution is 2.53. The topological polar surface area (TPSA) is 104 Å². The molecule has 2 aliphatic carbocycles. The van der Waals surface area contributed by atoms with Gasteiger partial charge in [0.05, 0.1) is 17.9 Å². The molecule has 5 rings (SSSR count). The van der Waals surface area contributed by atoms with Crippen LogP contribution in [0.5, 0.6) is 0 Å². The maximum absolute atomic E-state index is 13.3. The summed E-state index contributed by atoms with van der Waals surface area (Å²) in [6.45, 7) is -0.111. The van der Waals surface area contributed by atoms with Crippen molar-refractivity contribution in [1.29, 1.82) is 0 Å². The van der Waals surface area contributed by atoms with Gasteiger partial charge < -0.3 is 5.32 Å². The van der Waals surface area contributed by atoms with Crippen molar-refractivity contribution in [2.45, 2.75) is 18.6 Å². The van der Waals surface area contributed by atoms with Crippen molar-refractivity contribution in [3.05, 3.63) is 53.1 Å². The van der Waals surface area contributed by atoms with E-state index in [0.29, 0.717) is 5.56 Å². The highest BCUT2D eigenvalue weighted by Gasteiger charge is 2.60. The SMILES string of the molecule is O=C(NCC(c1ccccc1)N1C(=O)C2C3C=CC(C3)C2C1=O)Nc1nnc(C(F)(F)F)s1. The van der Waals surface area contributed by atoms with Gasteiger partial charge in [-0.3, -0.25) is 19.8 Å². The lowest BCUT2D eigenvalue weighted by atomic mass is 9.85. The molecular weight excluding hydrogens is 459 g/mol. The summed E-state index contributed by atoms with van der Waals surface area (Å²) >= 11 is 0.199. The van der Waals surface area contributed by atoms with Crippen molar-refractivity contribution in [2.75, 3.05) is 11.9 Å². The van der Waals surface area contributed by atoms with Crippen molar-refractivity contribution in [3.8, 4) is 0 Å². The molecular formula is C21H18F3N5O3S. The Morgan fingerprint density at radius 1 is 1.09 bits per heavy atom. The second-order valence-electron chi connectivity index (χ2n) is 8.22. The molecule has 3 aliphatic rings. The summed E-state index contributed by atoms with van der Waals surface area (Å²) in [5.74, 6) is -1.16. The average molecular weight is 477 g/mol. The number of imide groups is 1. The maximum atomic E-state index is 13.3. The molecule has 5 unspecified atom stereocenters. The van der Waals surface area contributed by atoms with E-state index in [4.69, 9.17) is 0 Å². The minimum absolute atomic E-state index is 0.0503. The van der Waals surface area contributed by atoms with Crippen molar-refractivity contribution < 1.29 is 27.6 Å². The molecule has 4 amide bonds. The van der Waals surface area contributed by atoms with Crippen LogP contribution in [0.2, 0.25) is 0 Å². The van der Waals surface area contributed by atoms with E-state index in [1.807, 2.05) is 12.2 Å². The van der Waals surface area contributed by atoms with E-state index < -0.39 is 23.3 Å².